The van der Waals surface area contributed by atoms with E-state index in [1.807, 2.05) is 31.2 Å². The molecule has 0 bridgehead atoms. The van der Waals surface area contributed by atoms with Gasteiger partial charge in [0.1, 0.15) is 18.1 Å². The van der Waals surface area contributed by atoms with Gasteiger partial charge in [-0.25, -0.2) is 0 Å². The van der Waals surface area contributed by atoms with Gasteiger partial charge in [0.2, 0.25) is 0 Å². The van der Waals surface area contributed by atoms with Gasteiger partial charge in [-0.1, -0.05) is 0 Å². The molecular weight excluding hydrogens is 230 g/mol. The van der Waals surface area contributed by atoms with Gasteiger partial charge in [0.05, 0.1) is 19.3 Å². The van der Waals surface area contributed by atoms with Crippen LogP contribution in [0.15, 0.2) is 24.3 Å². The molecule has 1 unspecified atom stereocenters. The number of aliphatic hydroxyl groups is 1. The largest absolute Gasteiger partial charge is 0.494 e. The normalized spacial score (nSPS) is 16.3. The number of nitrogens with one attached hydrogen (secondary N) is 1. The maximum Gasteiger partial charge on any atom is 0.119 e. The molecule has 2 N–H and O–H groups in total. The highest BCUT2D eigenvalue weighted by molar-refractivity contribution is 5.31. The van der Waals surface area contributed by atoms with E-state index in [9.17, 15) is 5.11 Å². The van der Waals surface area contributed by atoms with Crippen LogP contribution in [0.2, 0.25) is 0 Å². The molecule has 0 saturated heterocycles. The number of benzene rings is 1. The number of hydrogen-bond donors (Lipinski definition) is 2. The minimum atomic E-state index is 0.0177. The molecule has 1 atom stereocenters. The number of aliphatic hydroxyl groups excluding tert-OH is 1. The maximum absolute atomic E-state index is 9.23. The fourth-order valence-electron chi connectivity index (χ4n) is 1.73. The van der Waals surface area contributed by atoms with Gasteiger partial charge in [-0.2, -0.15) is 0 Å². The fourth-order valence-corrected chi connectivity index (χ4v) is 1.73. The van der Waals surface area contributed by atoms with E-state index in [2.05, 4.69) is 5.32 Å². The van der Waals surface area contributed by atoms with Gasteiger partial charge in [-0.15, -0.1) is 0 Å². The topological polar surface area (TPSA) is 50.7 Å². The molecule has 0 aliphatic heterocycles. The zero-order chi connectivity index (χ0) is 12.8. The lowest BCUT2D eigenvalue weighted by atomic mass is 10.3. The van der Waals surface area contributed by atoms with Crippen LogP contribution in [0.5, 0.6) is 11.5 Å². The molecule has 1 fully saturated rings. The predicted molar refractivity (Wildman–Crippen MR) is 70.1 cm³/mol. The third kappa shape index (κ3) is 4.20. The molecule has 1 aromatic rings. The van der Waals surface area contributed by atoms with Gasteiger partial charge in [0.25, 0.3) is 0 Å². The minimum absolute atomic E-state index is 0.0177. The van der Waals surface area contributed by atoms with Gasteiger partial charge in [0, 0.05) is 6.04 Å². The van der Waals surface area contributed by atoms with Gasteiger partial charge < -0.3 is 19.9 Å². The summed E-state index contributed by atoms with van der Waals surface area (Å²) in [5, 5.41) is 12.6. The third-order valence-corrected chi connectivity index (χ3v) is 2.86. The van der Waals surface area contributed by atoms with Gasteiger partial charge in [0.15, 0.2) is 0 Å². The highest BCUT2D eigenvalue weighted by Gasteiger charge is 2.24. The van der Waals surface area contributed by atoms with E-state index in [0.29, 0.717) is 19.3 Å². The lowest BCUT2D eigenvalue weighted by molar-refractivity contribution is 0.182. The maximum atomic E-state index is 9.23. The van der Waals surface area contributed by atoms with Crippen molar-refractivity contribution in [1.29, 1.82) is 0 Å². The van der Waals surface area contributed by atoms with Crippen molar-refractivity contribution in [3.8, 4) is 11.5 Å². The van der Waals surface area contributed by atoms with Crippen molar-refractivity contribution in [2.24, 2.45) is 0 Å². The van der Waals surface area contributed by atoms with Crippen LogP contribution in [-0.4, -0.2) is 37.0 Å². The molecule has 0 amide bonds. The molecule has 4 nitrogen and oxygen atoms in total. The summed E-state index contributed by atoms with van der Waals surface area (Å²) in [5.41, 5.74) is 0. The average Bonchev–Trinajstić information content (AvgIpc) is 3.20. The van der Waals surface area contributed by atoms with Crippen molar-refractivity contribution in [3.63, 3.8) is 0 Å². The Balaban J connectivity index is 1.77. The zero-order valence-corrected chi connectivity index (χ0v) is 10.8. The van der Waals surface area contributed by atoms with Crippen LogP contribution in [-0.2, 0) is 0 Å². The van der Waals surface area contributed by atoms with E-state index >= 15 is 0 Å². The van der Waals surface area contributed by atoms with Crippen LogP contribution < -0.4 is 14.8 Å². The molecular formula is C14H21NO3. The third-order valence-electron chi connectivity index (χ3n) is 2.86. The predicted octanol–water partition coefficient (Wildman–Crippen LogP) is 1.58. The molecule has 4 heteroatoms. The van der Waals surface area contributed by atoms with Crippen LogP contribution in [0.3, 0.4) is 0 Å². The van der Waals surface area contributed by atoms with Crippen molar-refractivity contribution in [2.45, 2.75) is 31.8 Å². The second kappa shape index (κ2) is 6.61. The fraction of sp³-hybridized carbons (Fsp3) is 0.571. The van der Waals surface area contributed by atoms with Crippen molar-refractivity contribution in [2.75, 3.05) is 19.8 Å². The molecule has 1 saturated carbocycles. The first-order chi connectivity index (χ1) is 8.81. The highest BCUT2D eigenvalue weighted by atomic mass is 16.5. The molecule has 0 aromatic heterocycles. The summed E-state index contributed by atoms with van der Waals surface area (Å²) < 4.78 is 11.0. The van der Waals surface area contributed by atoms with Crippen molar-refractivity contribution >= 4 is 0 Å². The Bertz CT molecular complexity index is 349. The van der Waals surface area contributed by atoms with Crippen LogP contribution in [0.25, 0.3) is 0 Å². The Morgan fingerprint density at radius 1 is 1.22 bits per heavy atom. The molecule has 1 aromatic carbocycles. The minimum Gasteiger partial charge on any atom is -0.494 e. The van der Waals surface area contributed by atoms with Gasteiger partial charge >= 0.3 is 0 Å². The second-order valence-corrected chi connectivity index (χ2v) is 4.54. The number of rotatable bonds is 8. The van der Waals surface area contributed by atoms with Crippen molar-refractivity contribution in [3.05, 3.63) is 24.3 Å². The standard InChI is InChI=1S/C14H21NO3/c1-2-17-13-5-7-14(8-6-13)18-10-12(9-16)15-11-3-4-11/h5-8,11-12,15-16H,2-4,9-10H2,1H3. The Labute approximate surface area is 108 Å². The summed E-state index contributed by atoms with van der Waals surface area (Å²) in [4.78, 5) is 0. The Morgan fingerprint density at radius 3 is 2.33 bits per heavy atom. The smallest absolute Gasteiger partial charge is 0.119 e. The summed E-state index contributed by atoms with van der Waals surface area (Å²) in [5.74, 6) is 1.65. The first-order valence-corrected chi connectivity index (χ1v) is 6.54. The SMILES string of the molecule is CCOc1ccc(OCC(CO)NC2CC2)cc1. The average molecular weight is 251 g/mol. The monoisotopic (exact) mass is 251 g/mol. The number of ether oxygens (including phenoxy) is 2. The molecule has 2 rings (SSSR count). The first kappa shape index (κ1) is 13.2. The Hall–Kier alpha value is -1.26. The van der Waals surface area contributed by atoms with Gasteiger partial charge in [-0.05, 0) is 44.0 Å². The summed E-state index contributed by atoms with van der Waals surface area (Å²) in [6.45, 7) is 3.21. The Morgan fingerprint density at radius 2 is 1.83 bits per heavy atom. The van der Waals surface area contributed by atoms with Crippen molar-refractivity contribution < 1.29 is 14.6 Å². The van der Waals surface area contributed by atoms with Crippen LogP contribution in [0.1, 0.15) is 19.8 Å². The van der Waals surface area contributed by atoms with Gasteiger partial charge in [-0.3, -0.25) is 0 Å². The lowest BCUT2D eigenvalue weighted by Crippen LogP contribution is -2.39. The molecule has 1 aliphatic rings. The summed E-state index contributed by atoms with van der Waals surface area (Å²) in [6.07, 6.45) is 2.42. The van der Waals surface area contributed by atoms with Crippen LogP contribution in [0, 0.1) is 0 Å². The molecule has 100 valence electrons. The molecule has 0 spiro atoms. The summed E-state index contributed by atoms with van der Waals surface area (Å²) >= 11 is 0. The molecule has 0 radical (unpaired) electrons. The highest BCUT2D eigenvalue weighted by Crippen LogP contribution is 2.20. The van der Waals surface area contributed by atoms with E-state index in [1.165, 1.54) is 12.8 Å². The number of hydrogen-bond acceptors (Lipinski definition) is 4. The van der Waals surface area contributed by atoms with Crippen LogP contribution in [0.4, 0.5) is 0 Å². The van der Waals surface area contributed by atoms with Crippen molar-refractivity contribution in [1.82, 2.24) is 5.32 Å². The molecule has 18 heavy (non-hydrogen) atoms. The lowest BCUT2D eigenvalue weighted by Gasteiger charge is -2.16. The Kier molecular flexibility index (Phi) is 4.84. The molecule has 0 heterocycles. The summed E-state index contributed by atoms with van der Waals surface area (Å²) in [6, 6.07) is 8.14. The zero-order valence-electron chi connectivity index (χ0n) is 10.8. The van der Waals surface area contributed by atoms with E-state index < -0.39 is 0 Å². The first-order valence-electron chi connectivity index (χ1n) is 6.54. The van der Waals surface area contributed by atoms with Crippen LogP contribution >= 0.6 is 0 Å². The van der Waals surface area contributed by atoms with E-state index in [4.69, 9.17) is 9.47 Å². The molecule has 1 aliphatic carbocycles. The quantitative estimate of drug-likeness (QED) is 0.736. The van der Waals surface area contributed by atoms with E-state index in [1.54, 1.807) is 0 Å². The van der Waals surface area contributed by atoms with E-state index in [-0.39, 0.29) is 12.6 Å². The summed E-state index contributed by atoms with van der Waals surface area (Å²) in [7, 11) is 0. The second-order valence-electron chi connectivity index (χ2n) is 4.54. The van der Waals surface area contributed by atoms with E-state index in [0.717, 1.165) is 11.5 Å².